The highest BCUT2D eigenvalue weighted by Gasteiger charge is 2.13. The number of aryl methyl sites for hydroxylation is 1. The summed E-state index contributed by atoms with van der Waals surface area (Å²) < 4.78 is 12.9. The molecule has 0 aliphatic heterocycles. The van der Waals surface area contributed by atoms with Crippen LogP contribution in [-0.2, 0) is 6.54 Å². The Morgan fingerprint density at radius 1 is 1.00 bits per heavy atom. The van der Waals surface area contributed by atoms with Gasteiger partial charge in [0.05, 0.1) is 19.8 Å². The van der Waals surface area contributed by atoms with Crippen LogP contribution in [0.15, 0.2) is 54.7 Å². The minimum absolute atomic E-state index is 0.246. The molecule has 0 saturated heterocycles. The molecule has 28 heavy (non-hydrogen) atoms. The van der Waals surface area contributed by atoms with E-state index in [1.165, 1.54) is 5.56 Å². The zero-order chi connectivity index (χ0) is 19.9. The van der Waals surface area contributed by atoms with Crippen molar-refractivity contribution in [3.05, 3.63) is 71.4 Å². The van der Waals surface area contributed by atoms with Crippen molar-refractivity contribution in [2.45, 2.75) is 27.3 Å². The van der Waals surface area contributed by atoms with Crippen LogP contribution in [0.3, 0.4) is 0 Å². The molecular formula is C22H25N3O3. The Kier molecular flexibility index (Phi) is 6.32. The monoisotopic (exact) mass is 379 g/mol. The average Bonchev–Trinajstić information content (AvgIpc) is 3.12. The molecule has 0 aliphatic carbocycles. The molecule has 1 heterocycles. The molecule has 1 amide bonds. The van der Waals surface area contributed by atoms with Crippen LogP contribution in [-0.4, -0.2) is 28.9 Å². The van der Waals surface area contributed by atoms with E-state index in [0.717, 1.165) is 5.56 Å². The molecule has 0 bridgehead atoms. The second-order valence-corrected chi connectivity index (χ2v) is 6.37. The summed E-state index contributed by atoms with van der Waals surface area (Å²) in [5.41, 5.74) is 2.86. The number of anilines is 1. The van der Waals surface area contributed by atoms with Crippen molar-refractivity contribution in [3.8, 4) is 11.5 Å². The molecule has 6 nitrogen and oxygen atoms in total. The fourth-order valence-electron chi connectivity index (χ4n) is 2.78. The maximum absolute atomic E-state index is 12.6. The number of benzene rings is 2. The van der Waals surface area contributed by atoms with Gasteiger partial charge in [-0.1, -0.05) is 29.8 Å². The largest absolute Gasteiger partial charge is 0.490 e. The Morgan fingerprint density at radius 2 is 1.71 bits per heavy atom. The Balaban J connectivity index is 1.68. The predicted molar refractivity (Wildman–Crippen MR) is 109 cm³/mol. The third-order valence-electron chi connectivity index (χ3n) is 4.15. The van der Waals surface area contributed by atoms with Gasteiger partial charge in [-0.3, -0.25) is 9.48 Å². The number of carbonyl (C=O) groups is 1. The molecule has 0 atom stereocenters. The molecule has 0 spiro atoms. The number of hydrogen-bond acceptors (Lipinski definition) is 4. The van der Waals surface area contributed by atoms with Gasteiger partial charge < -0.3 is 14.8 Å². The second kappa shape index (κ2) is 9.08. The normalized spacial score (nSPS) is 10.5. The van der Waals surface area contributed by atoms with Gasteiger partial charge in [-0.25, -0.2) is 0 Å². The van der Waals surface area contributed by atoms with Crippen molar-refractivity contribution >= 4 is 11.7 Å². The summed E-state index contributed by atoms with van der Waals surface area (Å²) in [6.45, 7) is 7.53. The van der Waals surface area contributed by atoms with Crippen LogP contribution in [0.4, 0.5) is 5.82 Å². The van der Waals surface area contributed by atoms with Crippen molar-refractivity contribution < 1.29 is 14.3 Å². The maximum Gasteiger partial charge on any atom is 0.257 e. The summed E-state index contributed by atoms with van der Waals surface area (Å²) >= 11 is 0. The molecule has 0 fully saturated rings. The van der Waals surface area contributed by atoms with Gasteiger partial charge in [-0.05, 0) is 44.5 Å². The maximum atomic E-state index is 12.6. The van der Waals surface area contributed by atoms with E-state index in [1.54, 1.807) is 28.9 Å². The third kappa shape index (κ3) is 4.91. The van der Waals surface area contributed by atoms with Crippen LogP contribution in [0, 0.1) is 6.92 Å². The summed E-state index contributed by atoms with van der Waals surface area (Å²) in [6, 6.07) is 15.2. The first-order valence-electron chi connectivity index (χ1n) is 9.39. The molecule has 3 aromatic rings. The van der Waals surface area contributed by atoms with Crippen molar-refractivity contribution in [1.82, 2.24) is 9.78 Å². The highest BCUT2D eigenvalue weighted by atomic mass is 16.5. The molecule has 0 unspecified atom stereocenters. The molecular weight excluding hydrogens is 354 g/mol. The summed E-state index contributed by atoms with van der Waals surface area (Å²) in [5, 5.41) is 7.26. The lowest BCUT2D eigenvalue weighted by molar-refractivity contribution is 0.102. The first kappa shape index (κ1) is 19.5. The van der Waals surface area contributed by atoms with Crippen LogP contribution < -0.4 is 14.8 Å². The van der Waals surface area contributed by atoms with E-state index in [-0.39, 0.29) is 5.91 Å². The molecule has 3 rings (SSSR count). The number of rotatable bonds is 8. The van der Waals surface area contributed by atoms with Crippen molar-refractivity contribution in [2.24, 2.45) is 0 Å². The molecule has 2 aromatic carbocycles. The number of nitrogens with one attached hydrogen (secondary N) is 1. The van der Waals surface area contributed by atoms with Gasteiger partial charge in [0.2, 0.25) is 0 Å². The zero-order valence-electron chi connectivity index (χ0n) is 16.4. The molecule has 1 aromatic heterocycles. The van der Waals surface area contributed by atoms with E-state index >= 15 is 0 Å². The van der Waals surface area contributed by atoms with Crippen LogP contribution in [0.5, 0.6) is 11.5 Å². The fourth-order valence-corrected chi connectivity index (χ4v) is 2.78. The number of hydrogen-bond donors (Lipinski definition) is 1. The topological polar surface area (TPSA) is 65.4 Å². The fraction of sp³-hybridized carbons (Fsp3) is 0.273. The van der Waals surface area contributed by atoms with Crippen molar-refractivity contribution in [3.63, 3.8) is 0 Å². The van der Waals surface area contributed by atoms with Crippen LogP contribution in [0.1, 0.15) is 35.3 Å². The molecule has 0 radical (unpaired) electrons. The van der Waals surface area contributed by atoms with Crippen LogP contribution in [0.2, 0.25) is 0 Å². The Labute approximate surface area is 165 Å². The SMILES string of the molecule is CCOc1ccc(C(=O)Nc2ccn(Cc3ccc(C)cc3)n2)cc1OCC. The van der Waals surface area contributed by atoms with Gasteiger partial charge in [0.25, 0.3) is 5.91 Å². The molecule has 146 valence electrons. The molecule has 0 aliphatic rings. The van der Waals surface area contributed by atoms with Gasteiger partial charge in [0, 0.05) is 17.8 Å². The van der Waals surface area contributed by atoms with E-state index < -0.39 is 0 Å². The predicted octanol–water partition coefficient (Wildman–Crippen LogP) is 4.29. The van der Waals surface area contributed by atoms with E-state index in [2.05, 4.69) is 41.6 Å². The van der Waals surface area contributed by atoms with Crippen molar-refractivity contribution in [1.29, 1.82) is 0 Å². The van der Waals surface area contributed by atoms with E-state index in [1.807, 2.05) is 20.0 Å². The summed E-state index contributed by atoms with van der Waals surface area (Å²) in [6.07, 6.45) is 1.85. The quantitative estimate of drug-likeness (QED) is 0.634. The molecule has 1 N–H and O–H groups in total. The van der Waals surface area contributed by atoms with E-state index in [4.69, 9.17) is 9.47 Å². The first-order chi connectivity index (χ1) is 13.6. The number of nitrogens with zero attached hydrogens (tertiary/aromatic N) is 2. The van der Waals surface area contributed by atoms with Gasteiger partial charge in [0.1, 0.15) is 0 Å². The van der Waals surface area contributed by atoms with E-state index in [0.29, 0.717) is 42.6 Å². The number of amides is 1. The van der Waals surface area contributed by atoms with Gasteiger partial charge in [-0.15, -0.1) is 0 Å². The number of carbonyl (C=O) groups excluding carboxylic acids is 1. The Hall–Kier alpha value is -3.28. The standard InChI is InChI=1S/C22H25N3O3/c1-4-27-19-11-10-18(14-20(19)28-5-2)22(26)23-21-12-13-25(24-21)15-17-8-6-16(3)7-9-17/h6-14H,4-5,15H2,1-3H3,(H,23,24,26). The van der Waals surface area contributed by atoms with Gasteiger partial charge >= 0.3 is 0 Å². The first-order valence-corrected chi connectivity index (χ1v) is 9.39. The summed E-state index contributed by atoms with van der Waals surface area (Å²) in [4.78, 5) is 12.6. The van der Waals surface area contributed by atoms with Crippen molar-refractivity contribution in [2.75, 3.05) is 18.5 Å². The zero-order valence-corrected chi connectivity index (χ0v) is 16.4. The lowest BCUT2D eigenvalue weighted by Gasteiger charge is -2.12. The second-order valence-electron chi connectivity index (χ2n) is 6.37. The minimum Gasteiger partial charge on any atom is -0.490 e. The minimum atomic E-state index is -0.246. The number of aromatic nitrogens is 2. The third-order valence-corrected chi connectivity index (χ3v) is 4.15. The lowest BCUT2D eigenvalue weighted by Crippen LogP contribution is -2.13. The van der Waals surface area contributed by atoms with E-state index in [9.17, 15) is 4.79 Å². The van der Waals surface area contributed by atoms with Crippen LogP contribution in [0.25, 0.3) is 0 Å². The lowest BCUT2D eigenvalue weighted by atomic mass is 10.1. The smallest absolute Gasteiger partial charge is 0.257 e. The Morgan fingerprint density at radius 3 is 2.43 bits per heavy atom. The molecule has 6 heteroatoms. The summed E-state index contributed by atoms with van der Waals surface area (Å²) in [7, 11) is 0. The van der Waals surface area contributed by atoms with Gasteiger partial charge in [-0.2, -0.15) is 5.10 Å². The Bertz CT molecular complexity index is 932. The highest BCUT2D eigenvalue weighted by Crippen LogP contribution is 2.28. The summed E-state index contributed by atoms with van der Waals surface area (Å²) in [5.74, 6) is 1.44. The average molecular weight is 379 g/mol. The van der Waals surface area contributed by atoms with Gasteiger partial charge in [0.15, 0.2) is 17.3 Å². The van der Waals surface area contributed by atoms with Crippen LogP contribution >= 0.6 is 0 Å². The number of ether oxygens (including phenoxy) is 2. The highest BCUT2D eigenvalue weighted by molar-refractivity contribution is 6.04. The molecule has 0 saturated carbocycles.